The van der Waals surface area contributed by atoms with Crippen molar-refractivity contribution < 1.29 is 4.79 Å². The number of hydrogen-bond acceptors (Lipinski definition) is 4. The third-order valence-electron chi connectivity index (χ3n) is 2.91. The Labute approximate surface area is 93.9 Å². The van der Waals surface area contributed by atoms with E-state index in [4.69, 9.17) is 0 Å². The molecule has 3 nitrogen and oxygen atoms in total. The second-order valence-electron chi connectivity index (χ2n) is 4.28. The Kier molecular flexibility index (Phi) is 3.49. The van der Waals surface area contributed by atoms with Gasteiger partial charge in [-0.1, -0.05) is 6.92 Å². The Hall–Kier alpha value is -0.740. The maximum Gasteiger partial charge on any atom is 0.183 e. The number of carbonyl (C=O) groups excluding carboxylic acids is 1. The molecule has 1 aliphatic rings. The fourth-order valence-electron chi connectivity index (χ4n) is 2.05. The lowest BCUT2D eigenvalue weighted by molar-refractivity contribution is 0.0954. The van der Waals surface area contributed by atoms with Crippen molar-refractivity contribution >= 4 is 17.1 Å². The maximum atomic E-state index is 11.8. The second-order valence-corrected chi connectivity index (χ2v) is 5.00. The molecule has 2 unspecified atom stereocenters. The Balaban J connectivity index is 1.89. The zero-order valence-corrected chi connectivity index (χ0v) is 9.72. The summed E-state index contributed by atoms with van der Waals surface area (Å²) in [5, 5.41) is 5.23. The summed E-state index contributed by atoms with van der Waals surface area (Å²) in [7, 11) is 0. The third kappa shape index (κ3) is 2.86. The van der Waals surface area contributed by atoms with Crippen LogP contribution in [0.1, 0.15) is 36.7 Å². The average molecular weight is 224 g/mol. The molecule has 1 saturated heterocycles. The van der Waals surface area contributed by atoms with E-state index in [1.165, 1.54) is 17.8 Å². The lowest BCUT2D eigenvalue weighted by Crippen LogP contribution is -2.38. The molecule has 1 fully saturated rings. The number of carbonyl (C=O) groups is 1. The van der Waals surface area contributed by atoms with Gasteiger partial charge in [-0.2, -0.15) is 0 Å². The minimum atomic E-state index is 0.169. The molecule has 1 aromatic rings. The molecule has 0 saturated carbocycles. The molecular weight excluding hydrogens is 208 g/mol. The molecule has 0 spiro atoms. The number of piperidine rings is 1. The van der Waals surface area contributed by atoms with Gasteiger partial charge in [-0.3, -0.25) is 4.79 Å². The first-order chi connectivity index (χ1) is 7.25. The number of nitrogens with zero attached hydrogens (tertiary/aromatic N) is 1. The van der Waals surface area contributed by atoms with Gasteiger partial charge in [-0.25, -0.2) is 4.98 Å². The largest absolute Gasteiger partial charge is 0.314 e. The van der Waals surface area contributed by atoms with E-state index in [-0.39, 0.29) is 5.78 Å². The number of Topliss-reactive ketones (excluding diaryl/α,β-unsaturated/α-hetero) is 1. The van der Waals surface area contributed by atoms with Crippen molar-refractivity contribution in [1.82, 2.24) is 10.3 Å². The van der Waals surface area contributed by atoms with Crippen LogP contribution in [0.5, 0.6) is 0 Å². The van der Waals surface area contributed by atoms with Gasteiger partial charge in [-0.15, -0.1) is 11.3 Å². The number of rotatable bonds is 3. The van der Waals surface area contributed by atoms with E-state index >= 15 is 0 Å². The lowest BCUT2D eigenvalue weighted by Gasteiger charge is -2.27. The van der Waals surface area contributed by atoms with Gasteiger partial charge in [0, 0.05) is 17.8 Å². The van der Waals surface area contributed by atoms with Crippen LogP contribution >= 0.6 is 11.3 Å². The highest BCUT2D eigenvalue weighted by atomic mass is 32.1. The predicted octanol–water partition coefficient (Wildman–Crippen LogP) is 2.10. The van der Waals surface area contributed by atoms with Crippen molar-refractivity contribution in [3.8, 4) is 0 Å². The molecular formula is C11H16N2OS. The van der Waals surface area contributed by atoms with E-state index in [0.29, 0.717) is 18.2 Å². The monoisotopic (exact) mass is 224 g/mol. The van der Waals surface area contributed by atoms with E-state index in [0.717, 1.165) is 18.9 Å². The van der Waals surface area contributed by atoms with Crippen molar-refractivity contribution in [2.75, 3.05) is 6.54 Å². The summed E-state index contributed by atoms with van der Waals surface area (Å²) in [4.78, 5) is 15.8. The molecule has 0 amide bonds. The van der Waals surface area contributed by atoms with Crippen molar-refractivity contribution in [1.29, 1.82) is 0 Å². The SMILES string of the molecule is CC1CCNC(CC(=O)c2cscn2)C1. The minimum absolute atomic E-state index is 0.169. The zero-order chi connectivity index (χ0) is 10.7. The van der Waals surface area contributed by atoms with Gasteiger partial charge in [0.15, 0.2) is 5.78 Å². The van der Waals surface area contributed by atoms with Crippen molar-refractivity contribution in [3.05, 3.63) is 16.6 Å². The molecule has 0 aliphatic carbocycles. The lowest BCUT2D eigenvalue weighted by atomic mass is 9.91. The highest BCUT2D eigenvalue weighted by Crippen LogP contribution is 2.18. The van der Waals surface area contributed by atoms with Gasteiger partial charge in [0.1, 0.15) is 5.69 Å². The van der Waals surface area contributed by atoms with E-state index < -0.39 is 0 Å². The Bertz CT molecular complexity index is 323. The topological polar surface area (TPSA) is 42.0 Å². The fraction of sp³-hybridized carbons (Fsp3) is 0.636. The summed E-state index contributed by atoms with van der Waals surface area (Å²) in [5.74, 6) is 0.905. The summed E-state index contributed by atoms with van der Waals surface area (Å²) in [5.41, 5.74) is 2.34. The van der Waals surface area contributed by atoms with Crippen LogP contribution in [0.25, 0.3) is 0 Å². The predicted molar refractivity (Wildman–Crippen MR) is 61.3 cm³/mol. The molecule has 1 aromatic heterocycles. The van der Waals surface area contributed by atoms with Gasteiger partial charge in [0.25, 0.3) is 0 Å². The van der Waals surface area contributed by atoms with Crippen LogP contribution in [0.3, 0.4) is 0 Å². The number of aromatic nitrogens is 1. The van der Waals surface area contributed by atoms with E-state index in [9.17, 15) is 4.79 Å². The first-order valence-corrected chi connectivity index (χ1v) is 6.34. The summed E-state index contributed by atoms with van der Waals surface area (Å²) in [6.07, 6.45) is 2.92. The number of hydrogen-bond donors (Lipinski definition) is 1. The molecule has 2 atom stereocenters. The fourth-order valence-corrected chi connectivity index (χ4v) is 2.61. The van der Waals surface area contributed by atoms with Crippen LogP contribution < -0.4 is 5.32 Å². The molecule has 82 valence electrons. The first kappa shape index (κ1) is 10.8. The highest BCUT2D eigenvalue weighted by molar-refractivity contribution is 7.07. The van der Waals surface area contributed by atoms with Gasteiger partial charge in [0.05, 0.1) is 5.51 Å². The summed E-state index contributed by atoms with van der Waals surface area (Å²) in [6, 6.07) is 0.350. The minimum Gasteiger partial charge on any atom is -0.314 e. The van der Waals surface area contributed by atoms with Gasteiger partial charge >= 0.3 is 0 Å². The van der Waals surface area contributed by atoms with Crippen LogP contribution in [0.4, 0.5) is 0 Å². The molecule has 2 rings (SSSR count). The second kappa shape index (κ2) is 4.86. The van der Waals surface area contributed by atoms with Crippen molar-refractivity contribution in [3.63, 3.8) is 0 Å². The number of ketones is 1. The van der Waals surface area contributed by atoms with Gasteiger partial charge in [0.2, 0.25) is 0 Å². The molecule has 2 heterocycles. The quantitative estimate of drug-likeness (QED) is 0.799. The molecule has 0 bridgehead atoms. The van der Waals surface area contributed by atoms with E-state index in [1.54, 1.807) is 5.51 Å². The molecule has 0 radical (unpaired) electrons. The first-order valence-electron chi connectivity index (χ1n) is 5.40. The summed E-state index contributed by atoms with van der Waals surface area (Å²) >= 11 is 1.48. The summed E-state index contributed by atoms with van der Waals surface area (Å²) in [6.45, 7) is 3.29. The Morgan fingerprint density at radius 2 is 2.60 bits per heavy atom. The maximum absolute atomic E-state index is 11.8. The number of thiazole rings is 1. The molecule has 15 heavy (non-hydrogen) atoms. The van der Waals surface area contributed by atoms with Crippen LogP contribution in [-0.4, -0.2) is 23.4 Å². The normalized spacial score (nSPS) is 26.5. The van der Waals surface area contributed by atoms with Crippen LogP contribution in [-0.2, 0) is 0 Å². The van der Waals surface area contributed by atoms with E-state index in [2.05, 4.69) is 17.2 Å². The van der Waals surface area contributed by atoms with Crippen molar-refractivity contribution in [2.45, 2.75) is 32.2 Å². The zero-order valence-electron chi connectivity index (χ0n) is 8.90. The van der Waals surface area contributed by atoms with Crippen LogP contribution in [0, 0.1) is 5.92 Å². The third-order valence-corrected chi connectivity index (χ3v) is 3.49. The number of nitrogens with one attached hydrogen (secondary N) is 1. The van der Waals surface area contributed by atoms with Gasteiger partial charge < -0.3 is 5.32 Å². The molecule has 1 aliphatic heterocycles. The molecule has 4 heteroatoms. The van der Waals surface area contributed by atoms with Crippen molar-refractivity contribution in [2.24, 2.45) is 5.92 Å². The van der Waals surface area contributed by atoms with E-state index in [1.807, 2.05) is 5.38 Å². The molecule has 0 aromatic carbocycles. The standard InChI is InChI=1S/C11H16N2OS/c1-8-2-3-12-9(4-8)5-11(14)10-6-15-7-13-10/h6-9,12H,2-5H2,1H3. The highest BCUT2D eigenvalue weighted by Gasteiger charge is 2.21. The Morgan fingerprint density at radius 3 is 3.27 bits per heavy atom. The van der Waals surface area contributed by atoms with Crippen LogP contribution in [0.2, 0.25) is 0 Å². The summed E-state index contributed by atoms with van der Waals surface area (Å²) < 4.78 is 0. The molecule has 1 N–H and O–H groups in total. The van der Waals surface area contributed by atoms with Gasteiger partial charge in [-0.05, 0) is 25.3 Å². The van der Waals surface area contributed by atoms with Crippen LogP contribution in [0.15, 0.2) is 10.9 Å². The smallest absolute Gasteiger partial charge is 0.183 e. The average Bonchev–Trinajstić information content (AvgIpc) is 2.70. The Morgan fingerprint density at radius 1 is 1.73 bits per heavy atom.